The van der Waals surface area contributed by atoms with Crippen molar-refractivity contribution in [2.75, 3.05) is 0 Å². The van der Waals surface area contributed by atoms with Crippen LogP contribution in [0.4, 0.5) is 5.69 Å². The van der Waals surface area contributed by atoms with Crippen LogP contribution in [0.25, 0.3) is 0 Å². The molecule has 3 rings (SSSR count). The first-order valence-corrected chi connectivity index (χ1v) is 6.36. The van der Waals surface area contributed by atoms with E-state index in [1.165, 1.54) is 11.6 Å². The van der Waals surface area contributed by atoms with Crippen LogP contribution in [0.1, 0.15) is 5.56 Å². The number of hydrogen-bond donors (Lipinski definition) is 0. The Morgan fingerprint density at radius 3 is 2.57 bits per heavy atom. The lowest BCUT2D eigenvalue weighted by molar-refractivity contribution is 0.648. The molecule has 0 unspecified atom stereocenters. The maximum absolute atomic E-state index is 12.0. The lowest BCUT2D eigenvalue weighted by Gasteiger charge is -1.98. The van der Waals surface area contributed by atoms with Crippen molar-refractivity contribution >= 4 is 11.6 Å². The van der Waals surface area contributed by atoms with Crippen LogP contribution in [-0.2, 0) is 14.1 Å². The summed E-state index contributed by atoms with van der Waals surface area (Å²) in [6.07, 6.45) is 0. The molecule has 21 heavy (non-hydrogen) atoms. The molecule has 0 aliphatic carbocycles. The molecule has 0 amide bonds. The molecule has 2 heterocycles. The minimum atomic E-state index is -0.466. The van der Waals surface area contributed by atoms with E-state index in [0.29, 0.717) is 5.69 Å². The second-order valence-corrected chi connectivity index (χ2v) is 4.85. The van der Waals surface area contributed by atoms with Crippen molar-refractivity contribution in [2.24, 2.45) is 29.1 Å². The summed E-state index contributed by atoms with van der Waals surface area (Å²) in [5, 5.41) is 0.144. The lowest BCUT2D eigenvalue weighted by Crippen LogP contribution is -2.55. The summed E-state index contributed by atoms with van der Waals surface area (Å²) in [5.41, 5.74) is 1.11. The van der Waals surface area contributed by atoms with Gasteiger partial charge in [0.1, 0.15) is 0 Å². The zero-order valence-electron chi connectivity index (χ0n) is 11.9. The molecule has 2 aromatic rings. The minimum Gasteiger partial charge on any atom is -0.279 e. The largest absolute Gasteiger partial charge is 0.332 e. The Balaban J connectivity index is 2.25. The van der Waals surface area contributed by atoms with Gasteiger partial charge in [0.05, 0.1) is 5.69 Å². The van der Waals surface area contributed by atoms with Gasteiger partial charge in [-0.1, -0.05) is 12.1 Å². The molecule has 0 radical (unpaired) electrons. The molecule has 1 aliphatic rings. The third-order valence-electron chi connectivity index (χ3n) is 3.26. The van der Waals surface area contributed by atoms with Gasteiger partial charge >= 0.3 is 5.69 Å². The predicted octanol–water partition coefficient (Wildman–Crippen LogP) is -0.667. The molecule has 0 saturated heterocycles. The van der Waals surface area contributed by atoms with Gasteiger partial charge in [-0.25, -0.2) is 14.8 Å². The smallest absolute Gasteiger partial charge is 0.279 e. The number of aromatic nitrogens is 2. The number of nitrogens with zero attached hydrogens (tertiary/aromatic N) is 5. The van der Waals surface area contributed by atoms with Crippen LogP contribution in [0.5, 0.6) is 0 Å². The molecule has 0 bridgehead atoms. The Morgan fingerprint density at radius 1 is 1.10 bits per heavy atom. The van der Waals surface area contributed by atoms with Gasteiger partial charge in [-0.15, -0.1) is 0 Å². The average Bonchev–Trinajstić information content (AvgIpc) is 2.87. The van der Waals surface area contributed by atoms with E-state index in [9.17, 15) is 9.59 Å². The Labute approximate surface area is 119 Å². The predicted molar refractivity (Wildman–Crippen MR) is 77.5 cm³/mol. The van der Waals surface area contributed by atoms with E-state index in [-0.39, 0.29) is 16.8 Å². The molecule has 1 aliphatic heterocycles. The highest BCUT2D eigenvalue weighted by Crippen LogP contribution is 2.14. The molecule has 0 N–H and O–H groups in total. The van der Waals surface area contributed by atoms with Gasteiger partial charge in [-0.2, -0.15) is 4.99 Å². The maximum atomic E-state index is 12.0. The van der Waals surface area contributed by atoms with Gasteiger partial charge in [-0.05, 0) is 24.6 Å². The fourth-order valence-electron chi connectivity index (χ4n) is 2.12. The monoisotopic (exact) mass is 283 g/mol. The van der Waals surface area contributed by atoms with E-state index in [2.05, 4.69) is 15.0 Å². The summed E-state index contributed by atoms with van der Waals surface area (Å²) < 4.78 is 2.30. The Morgan fingerprint density at radius 2 is 1.86 bits per heavy atom. The molecular weight excluding hydrogens is 270 g/mol. The number of fused-ring (bicyclic) bond motifs is 1. The van der Waals surface area contributed by atoms with E-state index in [1.807, 2.05) is 31.2 Å². The van der Waals surface area contributed by atoms with Gasteiger partial charge in [0.2, 0.25) is 0 Å². The van der Waals surface area contributed by atoms with Crippen molar-refractivity contribution in [3.8, 4) is 0 Å². The van der Waals surface area contributed by atoms with Crippen molar-refractivity contribution in [1.29, 1.82) is 0 Å². The minimum absolute atomic E-state index is 0.144. The molecule has 1 aromatic heterocycles. The van der Waals surface area contributed by atoms with Crippen LogP contribution in [0.3, 0.4) is 0 Å². The van der Waals surface area contributed by atoms with Gasteiger partial charge < -0.3 is 0 Å². The van der Waals surface area contributed by atoms with Crippen LogP contribution < -0.4 is 22.1 Å². The van der Waals surface area contributed by atoms with Gasteiger partial charge in [-0.3, -0.25) is 13.9 Å². The van der Waals surface area contributed by atoms with Crippen molar-refractivity contribution < 1.29 is 0 Å². The molecular formula is C14H13N5O2. The maximum Gasteiger partial charge on any atom is 0.332 e. The van der Waals surface area contributed by atoms with Crippen molar-refractivity contribution in [3.05, 3.63) is 61.5 Å². The third kappa shape index (κ3) is 2.12. The Hall–Kier alpha value is -2.83. The van der Waals surface area contributed by atoms with Crippen LogP contribution in [0, 0.1) is 6.92 Å². The Kier molecular flexibility index (Phi) is 2.90. The van der Waals surface area contributed by atoms with E-state index in [0.717, 1.165) is 10.1 Å². The number of guanidine groups is 1. The fourth-order valence-corrected chi connectivity index (χ4v) is 2.12. The third-order valence-corrected chi connectivity index (χ3v) is 3.26. The standard InChI is InChI=1S/C14H13N5O2/c1-8-5-4-6-9(7-8)15-13-16-10-11(17-13)18(2)14(21)19(3)12(10)20/h4-7H,1-3H3. The molecule has 106 valence electrons. The van der Waals surface area contributed by atoms with Crippen LogP contribution in [0.2, 0.25) is 0 Å². The van der Waals surface area contributed by atoms with E-state index >= 15 is 0 Å². The summed E-state index contributed by atoms with van der Waals surface area (Å²) in [4.78, 5) is 36.5. The van der Waals surface area contributed by atoms with Crippen LogP contribution in [0.15, 0.2) is 48.8 Å². The van der Waals surface area contributed by atoms with E-state index in [1.54, 1.807) is 7.05 Å². The molecule has 0 spiro atoms. The molecule has 0 atom stereocenters. The Bertz CT molecular complexity index is 1010. The molecule has 7 nitrogen and oxygen atoms in total. The second kappa shape index (κ2) is 4.62. The highest BCUT2D eigenvalue weighted by molar-refractivity contribution is 5.85. The summed E-state index contributed by atoms with van der Waals surface area (Å²) >= 11 is 0. The zero-order valence-corrected chi connectivity index (χ0v) is 11.9. The second-order valence-electron chi connectivity index (χ2n) is 4.85. The SMILES string of the molecule is Cc1cccc(N=C2N=c3c(=O)n(C)c(=O)n(C)c3=N2)c1. The van der Waals surface area contributed by atoms with E-state index < -0.39 is 11.2 Å². The first-order valence-electron chi connectivity index (χ1n) is 6.36. The van der Waals surface area contributed by atoms with Crippen molar-refractivity contribution in [3.63, 3.8) is 0 Å². The number of hydrogen-bond acceptors (Lipinski definition) is 3. The van der Waals surface area contributed by atoms with Crippen LogP contribution in [-0.4, -0.2) is 15.1 Å². The molecule has 1 aromatic carbocycles. The quantitative estimate of drug-likeness (QED) is 0.696. The topological polar surface area (TPSA) is 81.1 Å². The summed E-state index contributed by atoms with van der Waals surface area (Å²) in [6, 6.07) is 7.55. The summed E-state index contributed by atoms with van der Waals surface area (Å²) in [5.74, 6) is 0.175. The van der Waals surface area contributed by atoms with E-state index in [4.69, 9.17) is 0 Å². The molecule has 0 saturated carbocycles. The normalized spacial score (nSPS) is 14.7. The zero-order chi connectivity index (χ0) is 15.1. The highest BCUT2D eigenvalue weighted by atomic mass is 16.2. The van der Waals surface area contributed by atoms with Gasteiger partial charge in [0.25, 0.3) is 11.5 Å². The van der Waals surface area contributed by atoms with Crippen molar-refractivity contribution in [1.82, 2.24) is 9.13 Å². The van der Waals surface area contributed by atoms with Gasteiger partial charge in [0.15, 0.2) is 10.8 Å². The summed E-state index contributed by atoms with van der Waals surface area (Å²) in [7, 11) is 2.96. The fraction of sp³-hybridized carbons (Fsp3) is 0.214. The van der Waals surface area contributed by atoms with Crippen molar-refractivity contribution in [2.45, 2.75) is 6.92 Å². The molecule has 7 heteroatoms. The average molecular weight is 283 g/mol. The van der Waals surface area contributed by atoms with Crippen LogP contribution >= 0.6 is 0 Å². The van der Waals surface area contributed by atoms with Gasteiger partial charge in [0, 0.05) is 14.1 Å². The lowest BCUT2D eigenvalue weighted by atomic mass is 10.2. The number of benzene rings is 1. The first-order chi connectivity index (χ1) is 9.97. The number of aryl methyl sites for hydroxylation is 1. The number of rotatable bonds is 1. The summed E-state index contributed by atoms with van der Waals surface area (Å²) in [6.45, 7) is 1.96. The molecule has 0 fully saturated rings. The number of aliphatic imine (C=N–C) groups is 1. The first kappa shape index (κ1) is 13.2. The highest BCUT2D eigenvalue weighted by Gasteiger charge is 2.13.